The Morgan fingerprint density at radius 1 is 1.09 bits per heavy atom. The lowest BCUT2D eigenvalue weighted by atomic mass is 9.98. The molecule has 3 rings (SSSR count). The zero-order valence-electron chi connectivity index (χ0n) is 18.9. The van der Waals surface area contributed by atoms with E-state index in [4.69, 9.17) is 10.5 Å². The number of hydrogen-bond acceptors (Lipinski definition) is 8. The van der Waals surface area contributed by atoms with Crippen molar-refractivity contribution in [3.8, 4) is 0 Å². The van der Waals surface area contributed by atoms with Crippen LogP contribution in [0.25, 0.3) is 0 Å². The summed E-state index contributed by atoms with van der Waals surface area (Å²) >= 11 is 0. The second-order valence-corrected chi connectivity index (χ2v) is 8.19. The average molecular weight is 475 g/mol. The molecule has 0 aromatic heterocycles. The van der Waals surface area contributed by atoms with E-state index in [-0.39, 0.29) is 37.5 Å². The van der Waals surface area contributed by atoms with Crippen molar-refractivity contribution in [3.05, 3.63) is 29.8 Å². The number of benzene rings is 1. The number of ether oxygens (including phenoxy) is 1. The summed E-state index contributed by atoms with van der Waals surface area (Å²) in [7, 11) is 0. The Labute approximate surface area is 197 Å². The minimum absolute atomic E-state index is 0.00789. The fourth-order valence-corrected chi connectivity index (χ4v) is 3.95. The van der Waals surface area contributed by atoms with Crippen LogP contribution in [0.1, 0.15) is 50.5 Å². The molecule has 12 heteroatoms. The van der Waals surface area contributed by atoms with E-state index in [9.17, 15) is 19.2 Å². The Kier molecular flexibility index (Phi) is 9.18. The van der Waals surface area contributed by atoms with E-state index in [1.54, 1.807) is 29.2 Å². The van der Waals surface area contributed by atoms with Gasteiger partial charge in [-0.3, -0.25) is 14.4 Å². The lowest BCUT2D eigenvalue weighted by Gasteiger charge is -2.21. The van der Waals surface area contributed by atoms with Crippen LogP contribution in [0.15, 0.2) is 34.7 Å². The molecule has 1 saturated carbocycles. The molecule has 1 saturated heterocycles. The fourth-order valence-electron chi connectivity index (χ4n) is 3.95. The van der Waals surface area contributed by atoms with Crippen molar-refractivity contribution in [1.82, 2.24) is 10.6 Å². The third-order valence-electron chi connectivity index (χ3n) is 5.67. The van der Waals surface area contributed by atoms with Crippen molar-refractivity contribution in [2.45, 2.75) is 63.6 Å². The maximum atomic E-state index is 12.7. The van der Waals surface area contributed by atoms with Crippen molar-refractivity contribution in [3.63, 3.8) is 0 Å². The number of hydrogen-bond donors (Lipinski definition) is 3. The number of esters is 1. The third-order valence-corrected chi connectivity index (χ3v) is 5.67. The molecular formula is C22H30N6O6. The Morgan fingerprint density at radius 2 is 1.82 bits per heavy atom. The highest BCUT2D eigenvalue weighted by atomic mass is 16.7. The molecule has 1 aromatic carbocycles. The minimum atomic E-state index is -1.04. The van der Waals surface area contributed by atoms with Crippen LogP contribution in [-0.4, -0.2) is 49.2 Å². The highest BCUT2D eigenvalue weighted by Gasteiger charge is 2.33. The van der Waals surface area contributed by atoms with Crippen molar-refractivity contribution < 1.29 is 28.8 Å². The molecule has 1 aliphatic carbocycles. The van der Waals surface area contributed by atoms with Crippen molar-refractivity contribution in [2.75, 3.05) is 18.0 Å². The van der Waals surface area contributed by atoms with Gasteiger partial charge in [0.05, 0.1) is 13.0 Å². The first-order valence-corrected chi connectivity index (χ1v) is 11.4. The molecule has 2 aliphatic rings. The second kappa shape index (κ2) is 12.5. The van der Waals surface area contributed by atoms with Crippen molar-refractivity contribution in [2.24, 2.45) is 16.1 Å². The molecule has 4 N–H and O–H groups in total. The molecule has 2 fully saturated rings. The number of nitrogens with two attached hydrogens (primary N) is 1. The molecule has 4 amide bonds. The predicted octanol–water partition coefficient (Wildman–Crippen LogP) is 2.32. The summed E-state index contributed by atoms with van der Waals surface area (Å²) in [5.74, 6) is -0.533. The number of nitrogens with one attached hydrogen (secondary N) is 2. The van der Waals surface area contributed by atoms with E-state index in [1.165, 1.54) is 6.42 Å². The van der Waals surface area contributed by atoms with Gasteiger partial charge in [0.1, 0.15) is 12.1 Å². The molecule has 0 unspecified atom stereocenters. The standard InChI is InChI=1S/C22H30N6O6/c23-21(31)34-27-25-14-15-6-8-16(9-7-15)28-13-11-18(20(28)30)26-22(32)24-12-10-19(29)33-17-4-2-1-3-5-17/h6-9,17-18H,1-5,10-14H2,(H2,23,31)(H2,24,26,32)/t18-/m0/s1. The Morgan fingerprint density at radius 3 is 2.53 bits per heavy atom. The molecule has 0 spiro atoms. The highest BCUT2D eigenvalue weighted by Crippen LogP contribution is 2.23. The van der Waals surface area contributed by atoms with Gasteiger partial charge in [-0.05, 0) is 49.8 Å². The zero-order valence-corrected chi connectivity index (χ0v) is 18.9. The van der Waals surface area contributed by atoms with Gasteiger partial charge in [-0.25, -0.2) is 9.59 Å². The predicted molar refractivity (Wildman–Crippen MR) is 121 cm³/mol. The molecule has 0 bridgehead atoms. The molecule has 0 radical (unpaired) electrons. The first-order valence-electron chi connectivity index (χ1n) is 11.4. The third kappa shape index (κ3) is 7.71. The topological polar surface area (TPSA) is 165 Å². The minimum Gasteiger partial charge on any atom is -0.462 e. The van der Waals surface area contributed by atoms with Crippen molar-refractivity contribution >= 4 is 29.7 Å². The summed E-state index contributed by atoms with van der Waals surface area (Å²) in [5, 5.41) is 12.1. The lowest BCUT2D eigenvalue weighted by molar-refractivity contribution is -0.150. The molecule has 1 aromatic rings. The largest absolute Gasteiger partial charge is 0.462 e. The molecule has 1 aliphatic heterocycles. The molecule has 184 valence electrons. The molecule has 34 heavy (non-hydrogen) atoms. The van der Waals surface area contributed by atoms with Crippen LogP contribution in [0.2, 0.25) is 0 Å². The number of anilines is 1. The number of primary amides is 1. The van der Waals surface area contributed by atoms with Gasteiger partial charge in [-0.2, -0.15) is 0 Å². The summed E-state index contributed by atoms with van der Waals surface area (Å²) in [5.41, 5.74) is 6.27. The molecular weight excluding hydrogens is 444 g/mol. The van der Waals surface area contributed by atoms with Gasteiger partial charge >= 0.3 is 18.1 Å². The first-order chi connectivity index (χ1) is 16.4. The maximum Gasteiger partial charge on any atom is 0.432 e. The summed E-state index contributed by atoms with van der Waals surface area (Å²) < 4.78 is 5.42. The van der Waals surface area contributed by atoms with Gasteiger partial charge in [-0.1, -0.05) is 18.6 Å². The summed E-state index contributed by atoms with van der Waals surface area (Å²) in [6.45, 7) is 0.786. The van der Waals surface area contributed by atoms with Gasteiger partial charge in [0, 0.05) is 24.1 Å². The fraction of sp³-hybridized carbons (Fsp3) is 0.545. The summed E-state index contributed by atoms with van der Waals surface area (Å²) in [6, 6.07) is 5.92. The van der Waals surface area contributed by atoms with Crippen LogP contribution >= 0.6 is 0 Å². The molecule has 1 heterocycles. The van der Waals surface area contributed by atoms with Crippen LogP contribution in [0.5, 0.6) is 0 Å². The molecule has 1 atom stereocenters. The lowest BCUT2D eigenvalue weighted by Crippen LogP contribution is -2.46. The van der Waals surface area contributed by atoms with Crippen LogP contribution < -0.4 is 21.3 Å². The monoisotopic (exact) mass is 474 g/mol. The van der Waals surface area contributed by atoms with Crippen LogP contribution in [0, 0.1) is 0 Å². The Balaban J connectivity index is 1.38. The normalized spacial score (nSPS) is 18.6. The van der Waals surface area contributed by atoms with Gasteiger partial charge in [0.25, 0.3) is 0 Å². The van der Waals surface area contributed by atoms with E-state index in [2.05, 4.69) is 25.9 Å². The number of nitrogens with zero attached hydrogens (tertiary/aromatic N) is 3. The zero-order chi connectivity index (χ0) is 24.3. The quantitative estimate of drug-likeness (QED) is 0.282. The highest BCUT2D eigenvalue weighted by molar-refractivity contribution is 6.01. The van der Waals surface area contributed by atoms with Crippen LogP contribution in [-0.2, 0) is 25.7 Å². The van der Waals surface area contributed by atoms with E-state index in [1.807, 2.05) is 0 Å². The molecule has 12 nitrogen and oxygen atoms in total. The second-order valence-electron chi connectivity index (χ2n) is 8.19. The van der Waals surface area contributed by atoms with E-state index < -0.39 is 18.2 Å². The number of amides is 4. The van der Waals surface area contributed by atoms with E-state index in [0.29, 0.717) is 18.7 Å². The van der Waals surface area contributed by atoms with Gasteiger partial charge in [0.15, 0.2) is 0 Å². The first kappa shape index (κ1) is 24.9. The maximum absolute atomic E-state index is 12.7. The SMILES string of the molecule is NC(=O)ON=NCc1ccc(N2CC[C@H](NC(=O)NCCC(=O)OC3CCCCC3)C2=O)cc1. The number of urea groups is 1. The van der Waals surface area contributed by atoms with Gasteiger partial charge in [0.2, 0.25) is 5.91 Å². The van der Waals surface area contributed by atoms with E-state index >= 15 is 0 Å². The Hall–Kier alpha value is -3.70. The summed E-state index contributed by atoms with van der Waals surface area (Å²) in [6.07, 6.45) is 4.66. The number of rotatable bonds is 9. The van der Waals surface area contributed by atoms with E-state index in [0.717, 1.165) is 31.2 Å². The summed E-state index contributed by atoms with van der Waals surface area (Å²) in [4.78, 5) is 53.0. The smallest absolute Gasteiger partial charge is 0.432 e. The van der Waals surface area contributed by atoms with Gasteiger partial charge in [-0.15, -0.1) is 5.11 Å². The Bertz CT molecular complexity index is 900. The van der Waals surface area contributed by atoms with Gasteiger partial charge < -0.3 is 26.0 Å². The number of carbonyl (C=O) groups is 4. The number of carbonyl (C=O) groups excluding carboxylic acids is 4. The van der Waals surface area contributed by atoms with Crippen LogP contribution in [0.4, 0.5) is 15.3 Å². The van der Waals surface area contributed by atoms with Crippen LogP contribution in [0.3, 0.4) is 0 Å². The van der Waals surface area contributed by atoms with Crippen molar-refractivity contribution in [1.29, 1.82) is 0 Å². The average Bonchev–Trinajstić information content (AvgIpc) is 3.17.